The zero-order chi connectivity index (χ0) is 19.4. The Morgan fingerprint density at radius 2 is 2.04 bits per heavy atom. The summed E-state index contributed by atoms with van der Waals surface area (Å²) in [5.74, 6) is -0.643. The molecule has 0 aromatic carbocycles. The fourth-order valence-corrected chi connectivity index (χ4v) is 4.11. The van der Waals surface area contributed by atoms with E-state index >= 15 is 0 Å². The summed E-state index contributed by atoms with van der Waals surface area (Å²) in [5, 5.41) is 7.36. The first-order chi connectivity index (χ1) is 12.9. The standard InChI is InChI=1S/C15H19N7O4S/c1-10-13(23)17-15(20-18-10)21-19-14(24)11-4-7-22(8-5-11)27(25,26)12-3-2-6-16-9-12/h2-3,6,9,11H,4-5,7-8H2,1H3,(H,19,24)(H2,17,20,21,23). The minimum Gasteiger partial charge on any atom is -0.288 e. The normalized spacial score (nSPS) is 16.0. The lowest BCUT2D eigenvalue weighted by molar-refractivity contribution is -0.125. The number of aromatic nitrogens is 4. The van der Waals surface area contributed by atoms with Crippen molar-refractivity contribution < 1.29 is 13.2 Å². The smallest absolute Gasteiger partial charge is 0.274 e. The van der Waals surface area contributed by atoms with Crippen LogP contribution in [0.15, 0.2) is 34.2 Å². The van der Waals surface area contributed by atoms with Crippen LogP contribution in [0.1, 0.15) is 18.5 Å². The van der Waals surface area contributed by atoms with E-state index in [1.54, 1.807) is 6.07 Å². The molecule has 3 heterocycles. The molecule has 11 nitrogen and oxygen atoms in total. The highest BCUT2D eigenvalue weighted by atomic mass is 32.2. The fraction of sp³-hybridized carbons (Fsp3) is 0.400. The van der Waals surface area contributed by atoms with E-state index in [0.717, 1.165) is 0 Å². The van der Waals surface area contributed by atoms with Gasteiger partial charge in [-0.25, -0.2) is 8.42 Å². The largest absolute Gasteiger partial charge is 0.288 e. The Kier molecular flexibility index (Phi) is 5.46. The lowest BCUT2D eigenvalue weighted by Crippen LogP contribution is -2.44. The van der Waals surface area contributed by atoms with Crippen molar-refractivity contribution in [1.29, 1.82) is 0 Å². The molecule has 1 saturated heterocycles. The van der Waals surface area contributed by atoms with E-state index in [9.17, 15) is 18.0 Å². The lowest BCUT2D eigenvalue weighted by Gasteiger charge is -2.30. The minimum absolute atomic E-state index is 0.0236. The van der Waals surface area contributed by atoms with Crippen LogP contribution in [0, 0.1) is 12.8 Å². The molecule has 0 spiro atoms. The number of rotatable bonds is 5. The van der Waals surface area contributed by atoms with E-state index in [-0.39, 0.29) is 41.5 Å². The summed E-state index contributed by atoms with van der Waals surface area (Å²) in [7, 11) is -3.61. The highest BCUT2D eigenvalue weighted by molar-refractivity contribution is 7.89. The van der Waals surface area contributed by atoms with Crippen molar-refractivity contribution in [3.63, 3.8) is 0 Å². The van der Waals surface area contributed by atoms with Gasteiger partial charge in [0.1, 0.15) is 10.6 Å². The van der Waals surface area contributed by atoms with Crippen LogP contribution in [-0.4, -0.2) is 51.9 Å². The molecule has 12 heteroatoms. The summed E-state index contributed by atoms with van der Waals surface area (Å²) < 4.78 is 26.5. The van der Waals surface area contributed by atoms with Gasteiger partial charge in [0, 0.05) is 31.4 Å². The van der Waals surface area contributed by atoms with Gasteiger partial charge in [0.2, 0.25) is 21.9 Å². The number of pyridine rings is 1. The van der Waals surface area contributed by atoms with E-state index in [2.05, 4.69) is 31.0 Å². The molecule has 2 aromatic heterocycles. The molecule has 1 fully saturated rings. The zero-order valence-corrected chi connectivity index (χ0v) is 15.4. The Morgan fingerprint density at radius 1 is 1.30 bits per heavy atom. The molecule has 144 valence electrons. The Bertz CT molecular complexity index is 969. The van der Waals surface area contributed by atoms with E-state index in [1.165, 1.54) is 29.7 Å². The number of aromatic amines is 1. The second-order valence-electron chi connectivity index (χ2n) is 6.07. The minimum atomic E-state index is -3.61. The first-order valence-corrected chi connectivity index (χ1v) is 9.71. The summed E-state index contributed by atoms with van der Waals surface area (Å²) in [6.07, 6.45) is 3.57. The lowest BCUT2D eigenvalue weighted by atomic mass is 9.98. The predicted octanol–water partition coefficient (Wildman–Crippen LogP) is -0.588. The van der Waals surface area contributed by atoms with Crippen molar-refractivity contribution >= 4 is 21.9 Å². The van der Waals surface area contributed by atoms with Crippen molar-refractivity contribution in [2.24, 2.45) is 5.92 Å². The second kappa shape index (κ2) is 7.80. The number of sulfonamides is 1. The molecular formula is C15H19N7O4S. The van der Waals surface area contributed by atoms with Crippen LogP contribution < -0.4 is 16.4 Å². The predicted molar refractivity (Wildman–Crippen MR) is 94.9 cm³/mol. The molecule has 1 aliphatic heterocycles. The SMILES string of the molecule is Cc1nnc(NNC(=O)C2CCN(S(=O)(=O)c3cccnc3)CC2)[nH]c1=O. The fourth-order valence-electron chi connectivity index (χ4n) is 2.68. The maximum atomic E-state index is 12.6. The number of H-pyrrole nitrogens is 1. The quantitative estimate of drug-likeness (QED) is 0.571. The monoisotopic (exact) mass is 393 g/mol. The van der Waals surface area contributed by atoms with Crippen molar-refractivity contribution in [3.05, 3.63) is 40.6 Å². The van der Waals surface area contributed by atoms with Crippen molar-refractivity contribution in [2.75, 3.05) is 18.5 Å². The second-order valence-corrected chi connectivity index (χ2v) is 8.01. The molecule has 0 aliphatic carbocycles. The molecule has 3 N–H and O–H groups in total. The van der Waals surface area contributed by atoms with Crippen LogP contribution in [0.5, 0.6) is 0 Å². The van der Waals surface area contributed by atoms with Crippen LogP contribution in [0.4, 0.5) is 5.95 Å². The van der Waals surface area contributed by atoms with Crippen molar-refractivity contribution in [3.8, 4) is 0 Å². The number of piperidine rings is 1. The van der Waals surface area contributed by atoms with Gasteiger partial charge in [-0.2, -0.15) is 4.31 Å². The molecule has 1 amide bonds. The van der Waals surface area contributed by atoms with Gasteiger partial charge in [0.05, 0.1) is 0 Å². The van der Waals surface area contributed by atoms with Gasteiger partial charge in [0.25, 0.3) is 5.56 Å². The van der Waals surface area contributed by atoms with Crippen LogP contribution in [0.25, 0.3) is 0 Å². The van der Waals surface area contributed by atoms with Crippen LogP contribution in [-0.2, 0) is 14.8 Å². The van der Waals surface area contributed by atoms with Crippen LogP contribution >= 0.6 is 0 Å². The van der Waals surface area contributed by atoms with Crippen molar-refractivity contribution in [1.82, 2.24) is 29.9 Å². The number of amides is 1. The molecule has 0 unspecified atom stereocenters. The van der Waals surface area contributed by atoms with E-state index < -0.39 is 15.6 Å². The van der Waals surface area contributed by atoms with Gasteiger partial charge in [-0.3, -0.25) is 30.4 Å². The van der Waals surface area contributed by atoms with Gasteiger partial charge in [-0.1, -0.05) is 0 Å². The Hall–Kier alpha value is -2.86. The molecule has 0 saturated carbocycles. The summed E-state index contributed by atoms with van der Waals surface area (Å²) >= 11 is 0. The maximum Gasteiger partial charge on any atom is 0.274 e. The Balaban J connectivity index is 1.55. The van der Waals surface area contributed by atoms with E-state index in [4.69, 9.17) is 0 Å². The maximum absolute atomic E-state index is 12.6. The first kappa shape index (κ1) is 18.9. The van der Waals surface area contributed by atoms with Crippen LogP contribution in [0.2, 0.25) is 0 Å². The molecular weight excluding hydrogens is 374 g/mol. The number of anilines is 1. The molecule has 2 aromatic rings. The van der Waals surface area contributed by atoms with Gasteiger partial charge in [-0.15, -0.1) is 10.2 Å². The number of nitrogens with zero attached hydrogens (tertiary/aromatic N) is 4. The molecule has 1 aliphatic rings. The summed E-state index contributed by atoms with van der Waals surface area (Å²) in [6, 6.07) is 3.06. The summed E-state index contributed by atoms with van der Waals surface area (Å²) in [5.41, 5.74) is 4.78. The number of carbonyl (C=O) groups excluding carboxylic acids is 1. The number of hydrazine groups is 1. The summed E-state index contributed by atoms with van der Waals surface area (Å²) in [6.45, 7) is 1.98. The summed E-state index contributed by atoms with van der Waals surface area (Å²) in [4.78, 5) is 30.1. The third-order valence-corrected chi connectivity index (χ3v) is 6.14. The molecule has 0 radical (unpaired) electrons. The number of hydrogen-bond donors (Lipinski definition) is 3. The Labute approximate surface area is 155 Å². The van der Waals surface area contributed by atoms with Crippen LogP contribution in [0.3, 0.4) is 0 Å². The molecule has 0 atom stereocenters. The van der Waals surface area contributed by atoms with Crippen molar-refractivity contribution in [2.45, 2.75) is 24.7 Å². The topological polar surface area (TPSA) is 150 Å². The van der Waals surface area contributed by atoms with Gasteiger partial charge in [-0.05, 0) is 31.9 Å². The molecule has 3 rings (SSSR count). The van der Waals surface area contributed by atoms with E-state index in [0.29, 0.717) is 12.8 Å². The highest BCUT2D eigenvalue weighted by Crippen LogP contribution is 2.23. The molecule has 27 heavy (non-hydrogen) atoms. The first-order valence-electron chi connectivity index (χ1n) is 8.27. The third-order valence-electron chi connectivity index (χ3n) is 4.26. The third kappa shape index (κ3) is 4.28. The van der Waals surface area contributed by atoms with Gasteiger partial charge < -0.3 is 0 Å². The highest BCUT2D eigenvalue weighted by Gasteiger charge is 2.32. The average Bonchev–Trinajstić information content (AvgIpc) is 2.69. The number of nitrogens with one attached hydrogen (secondary N) is 3. The van der Waals surface area contributed by atoms with Gasteiger partial charge in [0.15, 0.2) is 0 Å². The average molecular weight is 393 g/mol. The Morgan fingerprint density at radius 3 is 2.67 bits per heavy atom. The molecule has 0 bridgehead atoms. The number of aryl methyl sites for hydroxylation is 1. The van der Waals surface area contributed by atoms with Gasteiger partial charge >= 0.3 is 0 Å². The van der Waals surface area contributed by atoms with E-state index in [1.807, 2.05) is 0 Å². The number of hydrogen-bond acceptors (Lipinski definition) is 8. The zero-order valence-electron chi connectivity index (χ0n) is 14.5. The number of carbonyl (C=O) groups is 1.